The molecule has 2 heterocycles. The highest BCUT2D eigenvalue weighted by molar-refractivity contribution is 5.45. The quantitative estimate of drug-likeness (QED) is 0.886. The van der Waals surface area contributed by atoms with Crippen molar-refractivity contribution in [1.82, 2.24) is 10.2 Å². The Balaban J connectivity index is 1.65. The maximum atomic E-state index is 13.9. The number of fused-ring (bicyclic) bond motifs is 1. The molecule has 1 N–H and O–H groups in total. The van der Waals surface area contributed by atoms with Crippen molar-refractivity contribution in [2.75, 3.05) is 45.9 Å². The molecule has 1 saturated heterocycles. The summed E-state index contributed by atoms with van der Waals surface area (Å²) in [4.78, 5) is 2.39. The molecular weight excluding hydrogens is 247 g/mol. The Morgan fingerprint density at radius 1 is 1.16 bits per heavy atom. The van der Waals surface area contributed by atoms with Gasteiger partial charge in [-0.05, 0) is 24.1 Å². The van der Waals surface area contributed by atoms with E-state index in [0.29, 0.717) is 19.0 Å². The second kappa shape index (κ2) is 5.75. The first-order valence-electron chi connectivity index (χ1n) is 6.84. The minimum Gasteiger partial charge on any atom is -0.486 e. The molecule has 5 heteroatoms. The van der Waals surface area contributed by atoms with Crippen molar-refractivity contribution in [2.45, 2.75) is 6.42 Å². The van der Waals surface area contributed by atoms with E-state index in [4.69, 9.17) is 9.47 Å². The Hall–Kier alpha value is -1.33. The van der Waals surface area contributed by atoms with Gasteiger partial charge in [0.1, 0.15) is 13.2 Å². The predicted molar refractivity (Wildman–Crippen MR) is 70.4 cm³/mol. The lowest BCUT2D eigenvalue weighted by Gasteiger charge is -2.27. The highest BCUT2D eigenvalue weighted by atomic mass is 19.1. The summed E-state index contributed by atoms with van der Waals surface area (Å²) in [5.74, 6) is 0.492. The molecule has 1 fully saturated rings. The van der Waals surface area contributed by atoms with Gasteiger partial charge in [-0.25, -0.2) is 4.39 Å². The molecule has 19 heavy (non-hydrogen) atoms. The molecule has 0 radical (unpaired) electrons. The molecule has 2 aliphatic rings. The lowest BCUT2D eigenvalue weighted by molar-refractivity contribution is 0.164. The lowest BCUT2D eigenvalue weighted by Crippen LogP contribution is -2.44. The van der Waals surface area contributed by atoms with E-state index >= 15 is 0 Å². The van der Waals surface area contributed by atoms with E-state index in [0.717, 1.165) is 44.7 Å². The summed E-state index contributed by atoms with van der Waals surface area (Å²) in [5, 5.41) is 3.32. The van der Waals surface area contributed by atoms with Gasteiger partial charge in [0.2, 0.25) is 0 Å². The summed E-state index contributed by atoms with van der Waals surface area (Å²) in [6.07, 6.45) is 0.841. The van der Waals surface area contributed by atoms with Gasteiger partial charge in [-0.3, -0.25) is 0 Å². The number of rotatable bonds is 3. The van der Waals surface area contributed by atoms with Crippen molar-refractivity contribution < 1.29 is 13.9 Å². The third kappa shape index (κ3) is 2.98. The van der Waals surface area contributed by atoms with Crippen LogP contribution in [0.1, 0.15) is 5.56 Å². The lowest BCUT2D eigenvalue weighted by atomic mass is 10.1. The average Bonchev–Trinajstić information content (AvgIpc) is 2.46. The van der Waals surface area contributed by atoms with Crippen molar-refractivity contribution in [3.63, 3.8) is 0 Å². The summed E-state index contributed by atoms with van der Waals surface area (Å²) in [7, 11) is 0. The number of benzene rings is 1. The highest BCUT2D eigenvalue weighted by Crippen LogP contribution is 2.34. The second-order valence-electron chi connectivity index (χ2n) is 4.94. The smallest absolute Gasteiger partial charge is 0.197 e. The molecule has 1 aromatic carbocycles. The van der Waals surface area contributed by atoms with Crippen LogP contribution < -0.4 is 14.8 Å². The fourth-order valence-corrected chi connectivity index (χ4v) is 2.53. The van der Waals surface area contributed by atoms with E-state index in [1.807, 2.05) is 6.07 Å². The maximum absolute atomic E-state index is 13.9. The molecule has 104 valence electrons. The Morgan fingerprint density at radius 3 is 2.79 bits per heavy atom. The fraction of sp³-hybridized carbons (Fsp3) is 0.571. The van der Waals surface area contributed by atoms with Gasteiger partial charge in [0, 0.05) is 32.7 Å². The van der Waals surface area contributed by atoms with Crippen LogP contribution in [0.4, 0.5) is 4.39 Å². The van der Waals surface area contributed by atoms with E-state index in [2.05, 4.69) is 10.2 Å². The van der Waals surface area contributed by atoms with Crippen LogP contribution >= 0.6 is 0 Å². The first kappa shape index (κ1) is 12.7. The molecule has 0 aliphatic carbocycles. The first-order chi connectivity index (χ1) is 9.33. The Bertz CT molecular complexity index is 447. The monoisotopic (exact) mass is 266 g/mol. The normalized spacial score (nSPS) is 19.4. The van der Waals surface area contributed by atoms with Crippen molar-refractivity contribution in [3.05, 3.63) is 23.5 Å². The minimum atomic E-state index is -0.312. The molecule has 3 rings (SSSR count). The van der Waals surface area contributed by atoms with E-state index in [-0.39, 0.29) is 11.6 Å². The van der Waals surface area contributed by atoms with Crippen LogP contribution in [-0.2, 0) is 6.42 Å². The van der Waals surface area contributed by atoms with Crippen molar-refractivity contribution in [3.8, 4) is 11.5 Å². The van der Waals surface area contributed by atoms with Gasteiger partial charge in [-0.1, -0.05) is 0 Å². The van der Waals surface area contributed by atoms with Crippen LogP contribution in [0.15, 0.2) is 12.1 Å². The van der Waals surface area contributed by atoms with Gasteiger partial charge in [0.05, 0.1) is 0 Å². The Kier molecular flexibility index (Phi) is 3.84. The molecule has 1 aromatic rings. The number of piperazine rings is 1. The summed E-state index contributed by atoms with van der Waals surface area (Å²) in [5.41, 5.74) is 0.972. The number of nitrogens with one attached hydrogen (secondary N) is 1. The Labute approximate surface area is 112 Å². The highest BCUT2D eigenvalue weighted by Gasteiger charge is 2.18. The Morgan fingerprint density at radius 2 is 1.95 bits per heavy atom. The summed E-state index contributed by atoms with van der Waals surface area (Å²) in [6.45, 7) is 6.07. The number of ether oxygens (including phenoxy) is 2. The number of nitrogens with zero attached hydrogens (tertiary/aromatic N) is 1. The molecule has 0 atom stereocenters. The SMILES string of the molecule is Fc1cc(CCN2CCNCC2)cc2c1OCCO2. The molecule has 0 bridgehead atoms. The molecular formula is C14H19FN2O2. The molecule has 2 aliphatic heterocycles. The summed E-state index contributed by atoms with van der Waals surface area (Å²) >= 11 is 0. The zero-order chi connectivity index (χ0) is 13.1. The topological polar surface area (TPSA) is 33.7 Å². The van der Waals surface area contributed by atoms with Gasteiger partial charge < -0.3 is 19.7 Å². The van der Waals surface area contributed by atoms with Crippen LogP contribution in [-0.4, -0.2) is 50.8 Å². The number of halogens is 1. The van der Waals surface area contributed by atoms with Crippen LogP contribution in [0.2, 0.25) is 0 Å². The molecule has 0 saturated carbocycles. The van der Waals surface area contributed by atoms with Gasteiger partial charge in [0.25, 0.3) is 0 Å². The fourth-order valence-electron chi connectivity index (χ4n) is 2.53. The summed E-state index contributed by atoms with van der Waals surface area (Å²) < 4.78 is 24.6. The van der Waals surface area contributed by atoms with Crippen LogP contribution in [0.25, 0.3) is 0 Å². The molecule has 0 aromatic heterocycles. The average molecular weight is 266 g/mol. The van der Waals surface area contributed by atoms with Crippen LogP contribution in [0.5, 0.6) is 11.5 Å². The molecule has 0 unspecified atom stereocenters. The van der Waals surface area contributed by atoms with E-state index < -0.39 is 0 Å². The predicted octanol–water partition coefficient (Wildman–Crippen LogP) is 1.04. The second-order valence-corrected chi connectivity index (χ2v) is 4.94. The first-order valence-corrected chi connectivity index (χ1v) is 6.84. The van der Waals surface area contributed by atoms with Crippen molar-refractivity contribution >= 4 is 0 Å². The molecule has 4 nitrogen and oxygen atoms in total. The van der Waals surface area contributed by atoms with Gasteiger partial charge in [-0.2, -0.15) is 0 Å². The van der Waals surface area contributed by atoms with Gasteiger partial charge in [-0.15, -0.1) is 0 Å². The number of hydrogen-bond acceptors (Lipinski definition) is 4. The molecule has 0 spiro atoms. The van der Waals surface area contributed by atoms with Crippen molar-refractivity contribution in [2.24, 2.45) is 0 Å². The third-order valence-corrected chi connectivity index (χ3v) is 3.58. The summed E-state index contributed by atoms with van der Waals surface area (Å²) in [6, 6.07) is 3.47. The largest absolute Gasteiger partial charge is 0.486 e. The van der Waals surface area contributed by atoms with Crippen LogP contribution in [0.3, 0.4) is 0 Å². The zero-order valence-corrected chi connectivity index (χ0v) is 11.0. The van der Waals surface area contributed by atoms with Crippen LogP contribution in [0, 0.1) is 5.82 Å². The third-order valence-electron chi connectivity index (χ3n) is 3.58. The van der Waals surface area contributed by atoms with E-state index in [1.54, 1.807) is 6.07 Å². The molecule has 0 amide bonds. The standard InChI is InChI=1S/C14H19FN2O2/c15-12-9-11(1-4-17-5-2-16-3-6-17)10-13-14(12)19-8-7-18-13/h9-10,16H,1-8H2. The maximum Gasteiger partial charge on any atom is 0.197 e. The van der Waals surface area contributed by atoms with E-state index in [1.165, 1.54) is 0 Å². The van der Waals surface area contributed by atoms with Gasteiger partial charge in [0.15, 0.2) is 17.3 Å². The number of hydrogen-bond donors (Lipinski definition) is 1. The van der Waals surface area contributed by atoms with Gasteiger partial charge >= 0.3 is 0 Å². The van der Waals surface area contributed by atoms with Crippen molar-refractivity contribution in [1.29, 1.82) is 0 Å². The van der Waals surface area contributed by atoms with E-state index in [9.17, 15) is 4.39 Å². The zero-order valence-electron chi connectivity index (χ0n) is 11.0. The minimum absolute atomic E-state index is 0.261.